The molecule has 25 heavy (non-hydrogen) atoms. The van der Waals surface area contributed by atoms with Gasteiger partial charge in [0.05, 0.1) is 13.1 Å². The van der Waals surface area contributed by atoms with Gasteiger partial charge in [-0.05, 0) is 45.0 Å². The quantitative estimate of drug-likeness (QED) is 0.742. The van der Waals surface area contributed by atoms with Crippen molar-refractivity contribution >= 4 is 11.8 Å². The fourth-order valence-electron chi connectivity index (χ4n) is 2.49. The molecule has 0 spiro atoms. The first kappa shape index (κ1) is 18.7. The number of rotatable bonds is 6. The molecule has 0 aliphatic carbocycles. The lowest BCUT2D eigenvalue weighted by Gasteiger charge is -2.23. The number of halogens is 1. The van der Waals surface area contributed by atoms with Crippen LogP contribution >= 0.6 is 0 Å². The van der Waals surface area contributed by atoms with Crippen molar-refractivity contribution in [2.45, 2.75) is 26.4 Å². The maximum absolute atomic E-state index is 13.1. The first-order valence-electron chi connectivity index (χ1n) is 7.79. The van der Waals surface area contributed by atoms with Gasteiger partial charge in [-0.25, -0.2) is 4.39 Å². The summed E-state index contributed by atoms with van der Waals surface area (Å²) in [7, 11) is 0. The summed E-state index contributed by atoms with van der Waals surface area (Å²) >= 11 is 0. The van der Waals surface area contributed by atoms with Crippen LogP contribution in [0.15, 0.2) is 34.7 Å². The Bertz CT molecular complexity index is 783. The number of aliphatic hydroxyl groups is 1. The second-order valence-electron chi connectivity index (χ2n) is 6.07. The molecule has 1 atom stereocenters. The number of carbonyl (C=O) groups is 2. The lowest BCUT2D eigenvalue weighted by atomic mass is 9.96. The summed E-state index contributed by atoms with van der Waals surface area (Å²) < 4.78 is 18.5. The number of aryl methyl sites for hydroxylation is 2. The van der Waals surface area contributed by atoms with Crippen LogP contribution in [0.2, 0.25) is 0 Å². The zero-order chi connectivity index (χ0) is 18.6. The summed E-state index contributed by atoms with van der Waals surface area (Å²) in [6, 6.07) is 6.89. The Hall–Kier alpha value is -2.67. The molecule has 0 aliphatic heterocycles. The molecule has 3 N–H and O–H groups in total. The number of nitrogens with one attached hydrogen (secondary N) is 2. The van der Waals surface area contributed by atoms with E-state index in [4.69, 9.17) is 4.42 Å². The minimum Gasteiger partial charge on any atom is -0.466 e. The van der Waals surface area contributed by atoms with Crippen molar-refractivity contribution in [2.24, 2.45) is 0 Å². The lowest BCUT2D eigenvalue weighted by Crippen LogP contribution is -2.43. The lowest BCUT2D eigenvalue weighted by molar-refractivity contribution is -0.121. The fraction of sp³-hybridized carbons (Fsp3) is 0.333. The summed E-state index contributed by atoms with van der Waals surface area (Å²) in [5, 5.41) is 15.5. The molecule has 0 fully saturated rings. The normalized spacial score (nSPS) is 13.2. The van der Waals surface area contributed by atoms with Gasteiger partial charge in [-0.15, -0.1) is 0 Å². The van der Waals surface area contributed by atoms with E-state index in [9.17, 15) is 19.1 Å². The van der Waals surface area contributed by atoms with Crippen molar-refractivity contribution in [3.05, 3.63) is 58.8 Å². The van der Waals surface area contributed by atoms with E-state index in [2.05, 4.69) is 10.6 Å². The third kappa shape index (κ3) is 4.90. The first-order valence-corrected chi connectivity index (χ1v) is 7.79. The highest BCUT2D eigenvalue weighted by atomic mass is 19.1. The maximum Gasteiger partial charge on any atom is 0.251 e. The molecule has 0 radical (unpaired) electrons. The molecule has 7 heteroatoms. The Balaban J connectivity index is 1.86. The Kier molecular flexibility index (Phi) is 5.58. The fourth-order valence-corrected chi connectivity index (χ4v) is 2.49. The Morgan fingerprint density at radius 1 is 1.24 bits per heavy atom. The van der Waals surface area contributed by atoms with Gasteiger partial charge in [0.1, 0.15) is 22.9 Å². The molecule has 1 aromatic carbocycles. The molecule has 134 valence electrons. The molecule has 2 aromatic rings. The summed E-state index contributed by atoms with van der Waals surface area (Å²) in [5.74, 6) is -0.304. The van der Waals surface area contributed by atoms with E-state index in [1.54, 1.807) is 26.8 Å². The van der Waals surface area contributed by atoms with Crippen LogP contribution in [-0.2, 0) is 10.4 Å². The molecule has 0 bridgehead atoms. The minimum atomic E-state index is -1.30. The van der Waals surface area contributed by atoms with Crippen molar-refractivity contribution < 1.29 is 23.5 Å². The van der Waals surface area contributed by atoms with Gasteiger partial charge in [-0.2, -0.15) is 0 Å². The summed E-state index contributed by atoms with van der Waals surface area (Å²) in [4.78, 5) is 23.7. The summed E-state index contributed by atoms with van der Waals surface area (Å²) in [5.41, 5.74) is -0.581. The molecule has 1 aromatic heterocycles. The number of amides is 2. The SMILES string of the molecule is Cc1cc(C(C)(O)CNC(=O)CNC(=O)c2cccc(F)c2)c(C)o1. The van der Waals surface area contributed by atoms with Crippen LogP contribution in [0.25, 0.3) is 0 Å². The van der Waals surface area contributed by atoms with Gasteiger partial charge >= 0.3 is 0 Å². The zero-order valence-corrected chi connectivity index (χ0v) is 14.4. The molecule has 1 heterocycles. The van der Waals surface area contributed by atoms with Crippen molar-refractivity contribution in [3.63, 3.8) is 0 Å². The Labute approximate surface area is 145 Å². The highest BCUT2D eigenvalue weighted by Gasteiger charge is 2.28. The van der Waals surface area contributed by atoms with Gasteiger partial charge in [-0.3, -0.25) is 9.59 Å². The number of hydrogen-bond donors (Lipinski definition) is 3. The van der Waals surface area contributed by atoms with Crippen LogP contribution in [0.3, 0.4) is 0 Å². The molecule has 2 amide bonds. The van der Waals surface area contributed by atoms with Crippen molar-refractivity contribution in [1.29, 1.82) is 0 Å². The second kappa shape index (κ2) is 7.48. The largest absolute Gasteiger partial charge is 0.466 e. The third-order valence-corrected chi connectivity index (χ3v) is 3.75. The van der Waals surface area contributed by atoms with Crippen molar-refractivity contribution in [2.75, 3.05) is 13.1 Å². The number of benzene rings is 1. The minimum absolute atomic E-state index is 0.0402. The van der Waals surface area contributed by atoms with Gasteiger partial charge in [0.25, 0.3) is 5.91 Å². The number of carbonyl (C=O) groups excluding carboxylic acids is 2. The van der Waals surface area contributed by atoms with Crippen LogP contribution in [0.1, 0.15) is 34.4 Å². The van der Waals surface area contributed by atoms with Gasteiger partial charge in [-0.1, -0.05) is 6.07 Å². The molecule has 0 aliphatic rings. The van der Waals surface area contributed by atoms with Gasteiger partial charge in [0.2, 0.25) is 5.91 Å². The zero-order valence-electron chi connectivity index (χ0n) is 14.4. The van der Waals surface area contributed by atoms with Crippen molar-refractivity contribution in [1.82, 2.24) is 10.6 Å². The molecule has 0 saturated carbocycles. The van der Waals surface area contributed by atoms with Crippen LogP contribution in [-0.4, -0.2) is 30.0 Å². The summed E-state index contributed by atoms with van der Waals surface area (Å²) in [6.07, 6.45) is 0. The third-order valence-electron chi connectivity index (χ3n) is 3.75. The van der Waals surface area contributed by atoms with Crippen LogP contribution in [0, 0.1) is 19.7 Å². The van der Waals surface area contributed by atoms with E-state index in [-0.39, 0.29) is 18.7 Å². The van der Waals surface area contributed by atoms with Crippen LogP contribution in [0.4, 0.5) is 4.39 Å². The van der Waals surface area contributed by atoms with Crippen LogP contribution in [0.5, 0.6) is 0 Å². The van der Waals surface area contributed by atoms with E-state index in [1.165, 1.54) is 18.2 Å². The summed E-state index contributed by atoms with van der Waals surface area (Å²) in [6.45, 7) is 4.75. The average molecular weight is 348 g/mol. The smallest absolute Gasteiger partial charge is 0.251 e. The Morgan fingerprint density at radius 2 is 1.96 bits per heavy atom. The average Bonchev–Trinajstić information content (AvgIpc) is 2.90. The molecule has 0 saturated heterocycles. The predicted molar refractivity (Wildman–Crippen MR) is 89.5 cm³/mol. The van der Waals surface area contributed by atoms with Gasteiger partial charge in [0.15, 0.2) is 0 Å². The molecule has 2 rings (SSSR count). The first-order chi connectivity index (χ1) is 11.7. The molecule has 1 unspecified atom stereocenters. The molecular formula is C18H21FN2O4. The van der Waals surface area contributed by atoms with E-state index >= 15 is 0 Å². The molecular weight excluding hydrogens is 327 g/mol. The topological polar surface area (TPSA) is 91.6 Å². The predicted octanol–water partition coefficient (Wildman–Crippen LogP) is 1.79. The molecule has 6 nitrogen and oxygen atoms in total. The monoisotopic (exact) mass is 348 g/mol. The van der Waals surface area contributed by atoms with Crippen molar-refractivity contribution in [3.8, 4) is 0 Å². The second-order valence-corrected chi connectivity index (χ2v) is 6.07. The highest BCUT2D eigenvalue weighted by molar-refractivity contribution is 5.96. The maximum atomic E-state index is 13.1. The van der Waals surface area contributed by atoms with E-state index in [0.29, 0.717) is 17.1 Å². The number of furan rings is 1. The Morgan fingerprint density at radius 3 is 2.56 bits per heavy atom. The highest BCUT2D eigenvalue weighted by Crippen LogP contribution is 2.26. The number of hydrogen-bond acceptors (Lipinski definition) is 4. The van der Waals surface area contributed by atoms with Crippen LogP contribution < -0.4 is 10.6 Å². The van der Waals surface area contributed by atoms with E-state index in [0.717, 1.165) is 6.07 Å². The van der Waals surface area contributed by atoms with Gasteiger partial charge < -0.3 is 20.2 Å². The standard InChI is InChI=1S/C18H21FN2O4/c1-11-7-15(12(2)25-11)18(3,24)10-21-16(22)9-20-17(23)13-5-4-6-14(19)8-13/h4-8,24H,9-10H2,1-3H3,(H,20,23)(H,21,22). The van der Waals surface area contributed by atoms with Gasteiger partial charge in [0, 0.05) is 11.1 Å². The van der Waals surface area contributed by atoms with E-state index in [1.807, 2.05) is 0 Å². The van der Waals surface area contributed by atoms with E-state index < -0.39 is 23.2 Å².